The summed E-state index contributed by atoms with van der Waals surface area (Å²) in [4.78, 5) is 33.6. The first-order valence-electron chi connectivity index (χ1n) is 10.5. The van der Waals surface area contributed by atoms with Gasteiger partial charge in [-0.1, -0.05) is 6.07 Å². The van der Waals surface area contributed by atoms with Gasteiger partial charge in [0.05, 0.1) is 12.8 Å². The van der Waals surface area contributed by atoms with Crippen molar-refractivity contribution >= 4 is 11.8 Å². The monoisotopic (exact) mass is 395 g/mol. The van der Waals surface area contributed by atoms with E-state index < -0.39 is 0 Å². The lowest BCUT2D eigenvalue weighted by atomic mass is 9.84. The molecular formula is C22H29N5O2. The van der Waals surface area contributed by atoms with E-state index in [0.29, 0.717) is 24.7 Å². The Morgan fingerprint density at radius 2 is 1.79 bits per heavy atom. The van der Waals surface area contributed by atoms with Crippen LogP contribution >= 0.6 is 0 Å². The van der Waals surface area contributed by atoms with Crippen molar-refractivity contribution in [1.82, 2.24) is 25.0 Å². The van der Waals surface area contributed by atoms with E-state index in [-0.39, 0.29) is 11.8 Å². The lowest BCUT2D eigenvalue weighted by molar-refractivity contribution is -0.133. The summed E-state index contributed by atoms with van der Waals surface area (Å²) < 4.78 is 0. The number of amides is 2. The van der Waals surface area contributed by atoms with E-state index in [2.05, 4.69) is 15.2 Å². The number of rotatable bonds is 5. The van der Waals surface area contributed by atoms with Gasteiger partial charge in [-0.3, -0.25) is 19.7 Å². The second-order valence-corrected chi connectivity index (χ2v) is 8.37. The normalized spacial score (nSPS) is 22.1. The van der Waals surface area contributed by atoms with Crippen LogP contribution in [0.15, 0.2) is 30.6 Å². The number of nitrogens with zero attached hydrogens (tertiary/aromatic N) is 4. The summed E-state index contributed by atoms with van der Waals surface area (Å²) in [6, 6.07) is 5.79. The van der Waals surface area contributed by atoms with Crippen LogP contribution in [-0.4, -0.2) is 63.0 Å². The number of piperidine rings is 1. The molecular weight excluding hydrogens is 366 g/mol. The summed E-state index contributed by atoms with van der Waals surface area (Å²) in [7, 11) is 0. The van der Waals surface area contributed by atoms with Crippen LogP contribution in [0.4, 0.5) is 0 Å². The number of pyridine rings is 1. The van der Waals surface area contributed by atoms with Crippen molar-refractivity contribution in [2.45, 2.75) is 39.0 Å². The molecule has 2 aliphatic rings. The zero-order chi connectivity index (χ0) is 20.2. The van der Waals surface area contributed by atoms with Gasteiger partial charge in [-0.05, 0) is 55.7 Å². The van der Waals surface area contributed by atoms with Crippen LogP contribution in [-0.2, 0) is 22.4 Å². The van der Waals surface area contributed by atoms with E-state index in [1.165, 1.54) is 0 Å². The van der Waals surface area contributed by atoms with E-state index >= 15 is 0 Å². The van der Waals surface area contributed by atoms with Crippen LogP contribution in [0.1, 0.15) is 36.2 Å². The number of carbonyl (C=O) groups excluding carboxylic acids is 2. The second kappa shape index (κ2) is 8.76. The third kappa shape index (κ3) is 4.83. The zero-order valence-electron chi connectivity index (χ0n) is 17.0. The highest BCUT2D eigenvalue weighted by Gasteiger charge is 2.35. The molecule has 2 saturated heterocycles. The predicted octanol–water partition coefficient (Wildman–Crippen LogP) is 1.99. The molecule has 4 rings (SSSR count). The smallest absolute Gasteiger partial charge is 0.228 e. The first-order valence-corrected chi connectivity index (χ1v) is 10.5. The number of aromatic nitrogens is 3. The van der Waals surface area contributed by atoms with Crippen molar-refractivity contribution in [3.8, 4) is 0 Å². The molecule has 0 spiro atoms. The third-order valence-corrected chi connectivity index (χ3v) is 6.28. The zero-order valence-corrected chi connectivity index (χ0v) is 17.0. The molecule has 0 aliphatic carbocycles. The number of aryl methyl sites for hydroxylation is 1. The second-order valence-electron chi connectivity index (χ2n) is 8.37. The Balaban J connectivity index is 1.29. The SMILES string of the molecule is Cc1ccc(CC(=O)N2CCC(C3CCCN(C(=O)Cc4ccn[nH]4)C3)C2)cn1. The highest BCUT2D eigenvalue weighted by molar-refractivity contribution is 5.79. The van der Waals surface area contributed by atoms with Gasteiger partial charge in [0.15, 0.2) is 0 Å². The van der Waals surface area contributed by atoms with Crippen LogP contribution in [0.2, 0.25) is 0 Å². The summed E-state index contributed by atoms with van der Waals surface area (Å²) in [6.07, 6.45) is 7.49. The maximum Gasteiger partial charge on any atom is 0.228 e. The molecule has 2 fully saturated rings. The maximum atomic E-state index is 12.7. The summed E-state index contributed by atoms with van der Waals surface area (Å²) in [5, 5.41) is 6.79. The van der Waals surface area contributed by atoms with Crippen molar-refractivity contribution in [2.24, 2.45) is 11.8 Å². The van der Waals surface area contributed by atoms with E-state index in [4.69, 9.17) is 0 Å². The standard InChI is InChI=1S/C22H29N5O2/c1-16-4-5-17(13-23-16)11-21(28)27-10-7-19(15-27)18-3-2-9-26(14-18)22(29)12-20-6-8-24-25-20/h4-6,8,13,18-19H,2-3,7,9-12,14-15H2,1H3,(H,24,25). The fourth-order valence-electron chi connectivity index (χ4n) is 4.57. The molecule has 2 amide bonds. The molecule has 7 heteroatoms. The van der Waals surface area contributed by atoms with Gasteiger partial charge in [0, 0.05) is 50.0 Å². The Labute approximate surface area is 171 Å². The number of hydrogen-bond acceptors (Lipinski definition) is 4. The summed E-state index contributed by atoms with van der Waals surface area (Å²) in [6.45, 7) is 5.22. The Hall–Kier alpha value is -2.70. The predicted molar refractivity (Wildman–Crippen MR) is 109 cm³/mol. The molecule has 7 nitrogen and oxygen atoms in total. The molecule has 29 heavy (non-hydrogen) atoms. The minimum Gasteiger partial charge on any atom is -0.342 e. The van der Waals surface area contributed by atoms with Gasteiger partial charge in [0.1, 0.15) is 0 Å². The van der Waals surface area contributed by atoms with Crippen molar-refractivity contribution in [2.75, 3.05) is 26.2 Å². The van der Waals surface area contributed by atoms with E-state index in [1.807, 2.05) is 34.9 Å². The van der Waals surface area contributed by atoms with Crippen molar-refractivity contribution in [3.63, 3.8) is 0 Å². The van der Waals surface area contributed by atoms with E-state index in [0.717, 1.165) is 62.4 Å². The lowest BCUT2D eigenvalue weighted by Crippen LogP contribution is -2.43. The van der Waals surface area contributed by atoms with E-state index in [9.17, 15) is 9.59 Å². The van der Waals surface area contributed by atoms with Crippen LogP contribution in [0.5, 0.6) is 0 Å². The van der Waals surface area contributed by atoms with Gasteiger partial charge >= 0.3 is 0 Å². The first kappa shape index (κ1) is 19.6. The Morgan fingerprint density at radius 3 is 2.52 bits per heavy atom. The molecule has 2 aromatic heterocycles. The molecule has 2 aromatic rings. The number of H-pyrrole nitrogens is 1. The Bertz CT molecular complexity index is 833. The minimum atomic E-state index is 0.164. The quantitative estimate of drug-likeness (QED) is 0.839. The highest BCUT2D eigenvalue weighted by atomic mass is 16.2. The summed E-state index contributed by atoms with van der Waals surface area (Å²) in [5.74, 6) is 1.31. The van der Waals surface area contributed by atoms with Gasteiger partial charge in [-0.15, -0.1) is 0 Å². The van der Waals surface area contributed by atoms with Crippen LogP contribution in [0.3, 0.4) is 0 Å². The van der Waals surface area contributed by atoms with Crippen LogP contribution < -0.4 is 0 Å². The number of aromatic amines is 1. The molecule has 0 radical (unpaired) electrons. The van der Waals surface area contributed by atoms with Crippen LogP contribution in [0.25, 0.3) is 0 Å². The average molecular weight is 396 g/mol. The van der Waals surface area contributed by atoms with Crippen molar-refractivity contribution in [1.29, 1.82) is 0 Å². The van der Waals surface area contributed by atoms with E-state index in [1.54, 1.807) is 12.4 Å². The fourth-order valence-corrected chi connectivity index (χ4v) is 4.57. The van der Waals surface area contributed by atoms with Gasteiger partial charge in [0.2, 0.25) is 11.8 Å². The summed E-state index contributed by atoms with van der Waals surface area (Å²) in [5.41, 5.74) is 2.80. The molecule has 0 bridgehead atoms. The number of carbonyl (C=O) groups is 2. The summed E-state index contributed by atoms with van der Waals surface area (Å²) >= 11 is 0. The molecule has 4 heterocycles. The molecule has 0 aromatic carbocycles. The molecule has 2 atom stereocenters. The van der Waals surface area contributed by atoms with Gasteiger partial charge in [-0.25, -0.2) is 0 Å². The molecule has 2 unspecified atom stereocenters. The van der Waals surface area contributed by atoms with Crippen molar-refractivity contribution in [3.05, 3.63) is 47.5 Å². The highest BCUT2D eigenvalue weighted by Crippen LogP contribution is 2.31. The Kier molecular flexibility index (Phi) is 5.92. The van der Waals surface area contributed by atoms with Crippen molar-refractivity contribution < 1.29 is 9.59 Å². The maximum absolute atomic E-state index is 12.7. The molecule has 0 saturated carbocycles. The van der Waals surface area contributed by atoms with Gasteiger partial charge in [-0.2, -0.15) is 5.10 Å². The number of likely N-dealkylation sites (tertiary alicyclic amines) is 2. The topological polar surface area (TPSA) is 82.2 Å². The molecule has 154 valence electrons. The largest absolute Gasteiger partial charge is 0.342 e. The van der Waals surface area contributed by atoms with Gasteiger partial charge in [0.25, 0.3) is 0 Å². The molecule has 1 N–H and O–H groups in total. The molecule has 2 aliphatic heterocycles. The lowest BCUT2D eigenvalue weighted by Gasteiger charge is -2.35. The minimum absolute atomic E-state index is 0.164. The first-order chi connectivity index (χ1) is 14.1. The Morgan fingerprint density at radius 1 is 1.03 bits per heavy atom. The number of hydrogen-bond donors (Lipinski definition) is 1. The fraction of sp³-hybridized carbons (Fsp3) is 0.545. The number of nitrogens with one attached hydrogen (secondary N) is 1. The van der Waals surface area contributed by atoms with Crippen LogP contribution in [0, 0.1) is 18.8 Å². The van der Waals surface area contributed by atoms with Gasteiger partial charge < -0.3 is 9.80 Å². The average Bonchev–Trinajstić information content (AvgIpc) is 3.42. The third-order valence-electron chi connectivity index (χ3n) is 6.28.